The fourth-order valence-corrected chi connectivity index (χ4v) is 13.2. The second-order valence-corrected chi connectivity index (χ2v) is 30.6. The fraction of sp³-hybridized carbons (Fsp3) is 0.795. The van der Waals surface area contributed by atoms with Crippen LogP contribution in [-0.4, -0.2) is 264 Å². The molecule has 0 aliphatic carbocycles. The normalized spacial score (nSPS) is 26.3. The number of likely N-dealkylation sites (tertiary alicyclic amines) is 1. The van der Waals surface area contributed by atoms with E-state index in [0.717, 1.165) is 9.80 Å². The number of amides is 12. The van der Waals surface area contributed by atoms with Crippen molar-refractivity contribution in [2.75, 3.05) is 69.0 Å². The van der Waals surface area contributed by atoms with Crippen molar-refractivity contribution < 1.29 is 67.1 Å². The van der Waals surface area contributed by atoms with Gasteiger partial charge in [-0.05, 0) is 133 Å². The highest BCUT2D eigenvalue weighted by molar-refractivity contribution is 6.00. The third-order valence-electron chi connectivity index (χ3n) is 19.4. The molecule has 14 atom stereocenters. The van der Waals surface area contributed by atoms with Crippen LogP contribution in [0.1, 0.15) is 188 Å². The molecule has 2 aliphatic rings. The van der Waals surface area contributed by atoms with Crippen molar-refractivity contribution in [1.82, 2.24) is 60.5 Å². The topological polar surface area (TPSA) is 357 Å². The third-order valence-corrected chi connectivity index (χ3v) is 19.4. The Morgan fingerprint density at radius 3 is 1.51 bits per heavy atom. The first kappa shape index (κ1) is 89.9. The molecule has 101 heavy (non-hydrogen) atoms. The predicted octanol–water partition coefficient (Wildman–Crippen LogP) is 3.27. The summed E-state index contributed by atoms with van der Waals surface area (Å²) in [4.78, 5) is 203. The molecular formula is C73H130N14O14. The quantitative estimate of drug-likeness (QED) is 0.0515. The highest BCUT2D eigenvalue weighted by Crippen LogP contribution is 2.29. The summed E-state index contributed by atoms with van der Waals surface area (Å²) in [6.45, 7) is 29.7. The molecule has 12 amide bonds. The van der Waals surface area contributed by atoms with Crippen molar-refractivity contribution in [3.63, 3.8) is 0 Å². The van der Waals surface area contributed by atoms with E-state index in [-0.39, 0.29) is 75.2 Å². The standard InChI is InChI=1S/C73H130N14O14/c1-25-27-31-47(15)61(101-73(100)52-33-30-35-87(52)67(94)50(75)32-28-29-34-74)60-65(92)78-51(26-2)68(95)80(18)40-57(88)81(19)53(36-41(3)4)64(91)79-58(45(11)12)71(98)82(20)54(37-42(5)6)63(90)76-48(16)62(89)77-49(17)66(93)83(21)55(38-43(7)8)69(96)84(22)56(39-44(9)10)70(97)85(23)59(46(13)14)72(99)86(60)24/h25,27,41-56,58-61H,26,28-40,74-75H2,1-24H3,(H,76,90)(H,77,89)(H,78,92)(H,79,91)/b27-25+/t47-,48+,49+,50-,51+,52-,53+,54+,55+,56+,58+,59+,60+,61-/m1/s1. The second-order valence-electron chi connectivity index (χ2n) is 30.6. The monoisotopic (exact) mass is 1430 g/mol. The number of unbranched alkanes of at least 4 members (excludes halogenated alkanes) is 1. The summed E-state index contributed by atoms with van der Waals surface area (Å²) in [5.74, 6) is -12.0. The molecule has 0 spiro atoms. The Hall–Kier alpha value is -7.23. The maximum Gasteiger partial charge on any atom is 0.329 e. The third kappa shape index (κ3) is 25.3. The Bertz CT molecular complexity index is 2850. The van der Waals surface area contributed by atoms with Crippen LogP contribution in [-0.2, 0) is 67.1 Å². The van der Waals surface area contributed by atoms with Gasteiger partial charge in [-0.2, -0.15) is 0 Å². The zero-order valence-corrected chi connectivity index (χ0v) is 65.5. The zero-order chi connectivity index (χ0) is 77.5. The van der Waals surface area contributed by atoms with Crippen molar-refractivity contribution in [3.05, 3.63) is 12.2 Å². The van der Waals surface area contributed by atoms with Gasteiger partial charge in [-0.1, -0.05) is 116 Å². The summed E-state index contributed by atoms with van der Waals surface area (Å²) < 4.78 is 6.52. The first-order valence-electron chi connectivity index (χ1n) is 36.6. The van der Waals surface area contributed by atoms with Gasteiger partial charge in [0.2, 0.25) is 70.9 Å². The first-order valence-corrected chi connectivity index (χ1v) is 36.6. The minimum Gasteiger partial charge on any atom is -0.458 e. The van der Waals surface area contributed by atoms with Crippen LogP contribution < -0.4 is 32.7 Å². The highest BCUT2D eigenvalue weighted by Gasteiger charge is 2.49. The van der Waals surface area contributed by atoms with E-state index in [9.17, 15) is 43.2 Å². The maximum atomic E-state index is 15.9. The smallest absolute Gasteiger partial charge is 0.329 e. The molecule has 0 radical (unpaired) electrons. The lowest BCUT2D eigenvalue weighted by Crippen LogP contribution is -2.64. The molecule has 2 fully saturated rings. The molecule has 2 heterocycles. The Balaban J connectivity index is 3.16. The van der Waals surface area contributed by atoms with Crippen molar-refractivity contribution in [1.29, 1.82) is 0 Å². The number of ether oxygens (including phenoxy) is 1. The number of nitrogens with one attached hydrogen (secondary N) is 4. The van der Waals surface area contributed by atoms with Gasteiger partial charge in [-0.15, -0.1) is 0 Å². The van der Waals surface area contributed by atoms with Crippen molar-refractivity contribution >= 4 is 76.9 Å². The minimum atomic E-state index is -1.76. The SMILES string of the molecule is C/C=C/C[C@@H](C)[C@@H](OC(=O)[C@H]1CCCN1C(=O)[C@H](N)CCCCN)[C@H]1C(=O)N[C@@H](CC)C(=O)N(C)CC(=O)N(C)[C@@H](CC(C)C)C(=O)N[C@@H](C(C)C)C(=O)N(C)[C@@H](CC(C)C)C(=O)N[C@@H](C)C(=O)N[C@@H](C)C(=O)N(C)[C@@H](CC(C)C)C(=O)N(C)[C@@H](CC(C)C)C(=O)N(C)[C@@H](C(C)C)C(=O)N1C. The van der Waals surface area contributed by atoms with Gasteiger partial charge in [0.1, 0.15) is 72.6 Å². The first-order chi connectivity index (χ1) is 46.9. The van der Waals surface area contributed by atoms with Crippen LogP contribution in [0.4, 0.5) is 0 Å². The van der Waals surface area contributed by atoms with Crippen LogP contribution in [0.5, 0.6) is 0 Å². The molecule has 28 nitrogen and oxygen atoms in total. The lowest BCUT2D eigenvalue weighted by atomic mass is 9.91. The Kier molecular flexibility index (Phi) is 37.2. The second kappa shape index (κ2) is 41.8. The summed E-state index contributed by atoms with van der Waals surface area (Å²) >= 11 is 0. The van der Waals surface area contributed by atoms with Gasteiger partial charge in [-0.25, -0.2) is 4.79 Å². The molecule has 0 saturated carbocycles. The molecule has 2 aliphatic heterocycles. The minimum absolute atomic E-state index is 0.0614. The van der Waals surface area contributed by atoms with Gasteiger partial charge >= 0.3 is 5.97 Å². The van der Waals surface area contributed by atoms with E-state index in [2.05, 4.69) is 21.3 Å². The van der Waals surface area contributed by atoms with Crippen LogP contribution in [0.2, 0.25) is 0 Å². The average molecular weight is 1430 g/mol. The van der Waals surface area contributed by atoms with Crippen LogP contribution in [0.25, 0.3) is 0 Å². The number of rotatable bonds is 22. The number of allylic oxidation sites excluding steroid dienone is 2. The molecule has 576 valence electrons. The van der Waals surface area contributed by atoms with Gasteiger partial charge in [-0.3, -0.25) is 57.5 Å². The van der Waals surface area contributed by atoms with E-state index in [4.69, 9.17) is 16.2 Å². The van der Waals surface area contributed by atoms with Crippen molar-refractivity contribution in [3.8, 4) is 0 Å². The Morgan fingerprint density at radius 2 is 1.02 bits per heavy atom. The lowest BCUT2D eigenvalue weighted by Gasteiger charge is -2.42. The molecular weight excluding hydrogens is 1300 g/mol. The van der Waals surface area contributed by atoms with Gasteiger partial charge in [0, 0.05) is 55.9 Å². The molecule has 2 rings (SSSR count). The molecule has 8 N–H and O–H groups in total. The number of carbonyl (C=O) groups is 13. The van der Waals surface area contributed by atoms with E-state index in [1.807, 2.05) is 55.4 Å². The number of hydrogen-bond donors (Lipinski definition) is 6. The van der Waals surface area contributed by atoms with E-state index in [1.54, 1.807) is 60.6 Å². The van der Waals surface area contributed by atoms with E-state index >= 15 is 19.2 Å². The summed E-state index contributed by atoms with van der Waals surface area (Å²) in [6, 6.07) is -15.1. The Labute approximate surface area is 602 Å². The average Bonchev–Trinajstić information content (AvgIpc) is 0.844. The van der Waals surface area contributed by atoms with E-state index in [1.165, 1.54) is 92.6 Å². The molecule has 28 heteroatoms. The summed E-state index contributed by atoms with van der Waals surface area (Å²) in [7, 11) is 9.81. The van der Waals surface area contributed by atoms with Crippen LogP contribution in [0.15, 0.2) is 12.2 Å². The summed E-state index contributed by atoms with van der Waals surface area (Å²) in [5.41, 5.74) is 12.2. The number of esters is 1. The number of nitrogens with zero attached hydrogens (tertiary/aromatic N) is 8. The zero-order valence-electron chi connectivity index (χ0n) is 65.5. The van der Waals surface area contributed by atoms with Gasteiger partial charge < -0.3 is 76.7 Å². The number of likely N-dealkylation sites (N-methyl/N-ethyl adjacent to an activating group) is 7. The molecule has 0 bridgehead atoms. The maximum absolute atomic E-state index is 15.9. The van der Waals surface area contributed by atoms with Gasteiger partial charge in [0.15, 0.2) is 0 Å². The fourth-order valence-electron chi connectivity index (χ4n) is 13.2. The number of carbonyl (C=O) groups excluding carboxylic acids is 13. The highest BCUT2D eigenvalue weighted by atomic mass is 16.5. The van der Waals surface area contributed by atoms with Crippen LogP contribution >= 0.6 is 0 Å². The molecule has 0 unspecified atom stereocenters. The lowest BCUT2D eigenvalue weighted by molar-refractivity contribution is -0.170. The van der Waals surface area contributed by atoms with E-state index in [0.29, 0.717) is 32.2 Å². The summed E-state index contributed by atoms with van der Waals surface area (Å²) in [5, 5.41) is 11.1. The molecule has 0 aromatic heterocycles. The van der Waals surface area contributed by atoms with Gasteiger partial charge in [0.05, 0.1) is 12.6 Å². The molecule has 0 aromatic rings. The van der Waals surface area contributed by atoms with Gasteiger partial charge in [0.25, 0.3) is 0 Å². The molecule has 2 saturated heterocycles. The number of hydrogen-bond acceptors (Lipinski definition) is 16. The largest absolute Gasteiger partial charge is 0.458 e. The predicted molar refractivity (Wildman–Crippen MR) is 388 cm³/mol. The van der Waals surface area contributed by atoms with E-state index < -0.39 is 180 Å². The van der Waals surface area contributed by atoms with Crippen molar-refractivity contribution in [2.45, 2.75) is 267 Å². The summed E-state index contributed by atoms with van der Waals surface area (Å²) in [6.07, 6.45) is 4.81. The Morgan fingerprint density at radius 1 is 0.545 bits per heavy atom. The van der Waals surface area contributed by atoms with Crippen LogP contribution in [0.3, 0.4) is 0 Å². The molecule has 0 aromatic carbocycles. The number of nitrogens with two attached hydrogens (primary N) is 2. The van der Waals surface area contributed by atoms with Crippen LogP contribution in [0, 0.1) is 41.4 Å². The van der Waals surface area contributed by atoms with Crippen molar-refractivity contribution in [2.24, 2.45) is 52.9 Å².